The predicted octanol–water partition coefficient (Wildman–Crippen LogP) is 8.32. The van der Waals surface area contributed by atoms with E-state index < -0.39 is 0 Å². The molecule has 0 aliphatic carbocycles. The first-order chi connectivity index (χ1) is 15.8. The van der Waals surface area contributed by atoms with E-state index in [1.165, 1.54) is 11.1 Å². The summed E-state index contributed by atoms with van der Waals surface area (Å²) in [5, 5.41) is 9.63. The number of hydrogen-bond acceptors (Lipinski definition) is 3. The molecule has 170 valence electrons. The van der Waals surface area contributed by atoms with Gasteiger partial charge in [0.15, 0.2) is 5.78 Å². The SMILES string of the molecule is CC(C)c1ccc(C(=O)c2ccc(C(C)CCSc3cccc(C(C)C)c3C#N)cc2)cc1. The van der Waals surface area contributed by atoms with Crippen LogP contribution in [0.15, 0.2) is 71.6 Å². The molecule has 0 bridgehead atoms. The molecule has 0 spiro atoms. The zero-order valence-electron chi connectivity index (χ0n) is 20.3. The number of carbonyl (C=O) groups excluding carboxylic acids is 1. The number of benzene rings is 3. The van der Waals surface area contributed by atoms with Gasteiger partial charge in [0.2, 0.25) is 0 Å². The second kappa shape index (κ2) is 11.3. The molecule has 3 rings (SSSR count). The minimum atomic E-state index is 0.0640. The summed E-state index contributed by atoms with van der Waals surface area (Å²) in [7, 11) is 0. The van der Waals surface area contributed by atoms with Crippen molar-refractivity contribution < 1.29 is 4.79 Å². The van der Waals surface area contributed by atoms with Gasteiger partial charge < -0.3 is 0 Å². The molecule has 0 aliphatic rings. The van der Waals surface area contributed by atoms with Crippen LogP contribution in [0.25, 0.3) is 0 Å². The van der Waals surface area contributed by atoms with Gasteiger partial charge in [-0.05, 0) is 52.7 Å². The molecule has 0 saturated carbocycles. The van der Waals surface area contributed by atoms with Crippen molar-refractivity contribution in [2.75, 3.05) is 5.75 Å². The largest absolute Gasteiger partial charge is 0.289 e. The Kier molecular flexibility index (Phi) is 8.53. The third kappa shape index (κ3) is 6.15. The normalized spacial score (nSPS) is 12.1. The Morgan fingerprint density at radius 2 is 1.39 bits per heavy atom. The Labute approximate surface area is 203 Å². The molecular weight excluding hydrogens is 422 g/mol. The summed E-state index contributed by atoms with van der Waals surface area (Å²) in [6, 6.07) is 24.5. The second-order valence-electron chi connectivity index (χ2n) is 9.25. The lowest BCUT2D eigenvalue weighted by Gasteiger charge is -2.14. The molecule has 3 aromatic carbocycles. The maximum atomic E-state index is 12.8. The average molecular weight is 456 g/mol. The van der Waals surface area contributed by atoms with Gasteiger partial charge in [0.05, 0.1) is 5.56 Å². The first-order valence-electron chi connectivity index (χ1n) is 11.7. The fraction of sp³-hybridized carbons (Fsp3) is 0.333. The van der Waals surface area contributed by atoms with E-state index in [2.05, 4.69) is 58.9 Å². The summed E-state index contributed by atoms with van der Waals surface area (Å²) in [6.45, 7) is 10.8. The summed E-state index contributed by atoms with van der Waals surface area (Å²) in [5.74, 6) is 2.19. The smallest absolute Gasteiger partial charge is 0.193 e. The molecular formula is C30H33NOS. The minimum Gasteiger partial charge on any atom is -0.289 e. The van der Waals surface area contributed by atoms with Gasteiger partial charge in [-0.2, -0.15) is 5.26 Å². The van der Waals surface area contributed by atoms with E-state index in [9.17, 15) is 10.1 Å². The first kappa shape index (κ1) is 24.8. The van der Waals surface area contributed by atoms with Crippen molar-refractivity contribution >= 4 is 17.5 Å². The highest BCUT2D eigenvalue weighted by atomic mass is 32.2. The monoisotopic (exact) mass is 455 g/mol. The van der Waals surface area contributed by atoms with Crippen LogP contribution in [0.1, 0.15) is 97.0 Å². The van der Waals surface area contributed by atoms with Crippen molar-refractivity contribution in [1.29, 1.82) is 5.26 Å². The third-order valence-corrected chi connectivity index (χ3v) is 7.27. The number of thioether (sulfide) groups is 1. The lowest BCUT2D eigenvalue weighted by molar-refractivity contribution is 0.103. The van der Waals surface area contributed by atoms with Crippen LogP contribution in [-0.2, 0) is 0 Å². The quantitative estimate of drug-likeness (QED) is 0.240. The van der Waals surface area contributed by atoms with Gasteiger partial charge in [-0.3, -0.25) is 4.79 Å². The Morgan fingerprint density at radius 3 is 1.91 bits per heavy atom. The molecule has 0 aromatic heterocycles. The van der Waals surface area contributed by atoms with Crippen LogP contribution in [-0.4, -0.2) is 11.5 Å². The zero-order valence-corrected chi connectivity index (χ0v) is 21.1. The molecule has 2 nitrogen and oxygen atoms in total. The van der Waals surface area contributed by atoms with E-state index in [-0.39, 0.29) is 5.78 Å². The molecule has 0 fully saturated rings. The Balaban J connectivity index is 1.61. The van der Waals surface area contributed by atoms with Gasteiger partial charge >= 0.3 is 0 Å². The van der Waals surface area contributed by atoms with Gasteiger partial charge in [-0.1, -0.05) is 95.3 Å². The number of hydrogen-bond donors (Lipinski definition) is 0. The van der Waals surface area contributed by atoms with Crippen LogP contribution >= 0.6 is 11.8 Å². The second-order valence-corrected chi connectivity index (χ2v) is 10.4. The Morgan fingerprint density at radius 1 is 0.818 bits per heavy atom. The summed E-state index contributed by atoms with van der Waals surface area (Å²) < 4.78 is 0. The molecule has 3 heteroatoms. The fourth-order valence-electron chi connectivity index (χ4n) is 3.93. The van der Waals surface area contributed by atoms with E-state index in [0.29, 0.717) is 17.8 Å². The lowest BCUT2D eigenvalue weighted by Crippen LogP contribution is -2.03. The van der Waals surface area contributed by atoms with Crippen molar-refractivity contribution in [2.45, 2.75) is 63.7 Å². The van der Waals surface area contributed by atoms with Crippen molar-refractivity contribution in [1.82, 2.24) is 0 Å². The van der Waals surface area contributed by atoms with Crippen molar-refractivity contribution in [3.8, 4) is 6.07 Å². The summed E-state index contributed by atoms with van der Waals surface area (Å²) in [6.07, 6.45) is 1.01. The standard InChI is InChI=1S/C30H33NOS/c1-20(2)23-9-13-25(14-10-23)30(32)26-15-11-24(12-16-26)22(5)17-18-33-29-8-6-7-27(21(3)4)28(29)19-31/h6-16,20-22H,17-18H2,1-5H3. The van der Waals surface area contributed by atoms with Gasteiger partial charge in [0, 0.05) is 16.0 Å². The first-order valence-corrected chi connectivity index (χ1v) is 12.7. The third-order valence-electron chi connectivity index (χ3n) is 6.18. The van der Waals surface area contributed by atoms with Crippen molar-refractivity contribution in [2.24, 2.45) is 0 Å². The molecule has 3 aromatic rings. The molecule has 0 radical (unpaired) electrons. The van der Waals surface area contributed by atoms with Crippen LogP contribution in [0.5, 0.6) is 0 Å². The van der Waals surface area contributed by atoms with Gasteiger partial charge in [-0.15, -0.1) is 11.8 Å². The number of rotatable bonds is 9. The van der Waals surface area contributed by atoms with Crippen molar-refractivity contribution in [3.05, 3.63) is 100 Å². The van der Waals surface area contributed by atoms with E-state index >= 15 is 0 Å². The molecule has 0 heterocycles. The van der Waals surface area contributed by atoms with Crippen LogP contribution in [0.2, 0.25) is 0 Å². The molecule has 0 saturated heterocycles. The van der Waals surface area contributed by atoms with Crippen molar-refractivity contribution in [3.63, 3.8) is 0 Å². The minimum absolute atomic E-state index is 0.0640. The average Bonchev–Trinajstić information content (AvgIpc) is 2.83. The number of ketones is 1. The molecule has 33 heavy (non-hydrogen) atoms. The maximum Gasteiger partial charge on any atom is 0.193 e. The highest BCUT2D eigenvalue weighted by Crippen LogP contribution is 2.31. The summed E-state index contributed by atoms with van der Waals surface area (Å²) >= 11 is 1.76. The van der Waals surface area contributed by atoms with Gasteiger partial charge in [0.25, 0.3) is 0 Å². The van der Waals surface area contributed by atoms with E-state index in [4.69, 9.17) is 0 Å². The fourth-order valence-corrected chi connectivity index (χ4v) is 5.10. The maximum absolute atomic E-state index is 12.8. The van der Waals surface area contributed by atoms with E-state index in [1.54, 1.807) is 11.8 Å². The van der Waals surface area contributed by atoms with Crippen LogP contribution in [0.4, 0.5) is 0 Å². The lowest BCUT2D eigenvalue weighted by atomic mass is 9.94. The molecule has 0 aliphatic heterocycles. The van der Waals surface area contributed by atoms with Crippen LogP contribution in [0.3, 0.4) is 0 Å². The Bertz CT molecular complexity index is 1120. The topological polar surface area (TPSA) is 40.9 Å². The molecule has 0 N–H and O–H groups in total. The van der Waals surface area contributed by atoms with Gasteiger partial charge in [-0.25, -0.2) is 0 Å². The number of nitriles is 1. The summed E-state index contributed by atoms with van der Waals surface area (Å²) in [5.41, 5.74) is 5.87. The van der Waals surface area contributed by atoms with Crippen LogP contribution < -0.4 is 0 Å². The van der Waals surface area contributed by atoms with E-state index in [0.717, 1.165) is 39.3 Å². The number of nitrogens with zero attached hydrogens (tertiary/aromatic N) is 1. The van der Waals surface area contributed by atoms with Gasteiger partial charge in [0.1, 0.15) is 6.07 Å². The predicted molar refractivity (Wildman–Crippen MR) is 139 cm³/mol. The van der Waals surface area contributed by atoms with Crippen LogP contribution in [0, 0.1) is 11.3 Å². The Hall–Kier alpha value is -2.83. The zero-order chi connectivity index (χ0) is 24.0. The highest BCUT2D eigenvalue weighted by molar-refractivity contribution is 7.99. The highest BCUT2D eigenvalue weighted by Gasteiger charge is 2.14. The number of carbonyl (C=O) groups is 1. The van der Waals surface area contributed by atoms with E-state index in [1.807, 2.05) is 48.5 Å². The summed E-state index contributed by atoms with van der Waals surface area (Å²) in [4.78, 5) is 13.9. The molecule has 1 atom stereocenters. The molecule has 1 unspecified atom stereocenters. The molecule has 0 amide bonds.